The molecule has 1 aliphatic carbocycles. The predicted octanol–water partition coefficient (Wildman–Crippen LogP) is 3.28. The van der Waals surface area contributed by atoms with Crippen molar-refractivity contribution < 1.29 is 8.42 Å². The number of hydrogen-bond donors (Lipinski definition) is 2. The minimum absolute atomic E-state index is 0.353. The molecule has 0 saturated heterocycles. The normalized spacial score (nSPS) is 18.4. The molecule has 0 radical (unpaired) electrons. The van der Waals surface area contributed by atoms with Gasteiger partial charge in [0.05, 0.1) is 4.90 Å². The van der Waals surface area contributed by atoms with Gasteiger partial charge in [0.2, 0.25) is 10.0 Å². The van der Waals surface area contributed by atoms with Crippen molar-refractivity contribution in [3.8, 4) is 0 Å². The van der Waals surface area contributed by atoms with Gasteiger partial charge in [-0.3, -0.25) is 0 Å². The van der Waals surface area contributed by atoms with E-state index in [1.807, 2.05) is 19.1 Å². The van der Waals surface area contributed by atoms with Gasteiger partial charge in [-0.15, -0.1) is 0 Å². The van der Waals surface area contributed by atoms with Crippen LogP contribution in [-0.4, -0.2) is 21.5 Å². The Kier molecular flexibility index (Phi) is 5.27. The van der Waals surface area contributed by atoms with Gasteiger partial charge in [-0.2, -0.15) is 0 Å². The summed E-state index contributed by atoms with van der Waals surface area (Å²) in [6.07, 6.45) is 6.50. The average Bonchev–Trinajstić information content (AvgIpc) is 2.50. The highest BCUT2D eigenvalue weighted by Gasteiger charge is 2.21. The molecule has 21 heavy (non-hydrogen) atoms. The van der Waals surface area contributed by atoms with Crippen LogP contribution in [0.25, 0.3) is 0 Å². The Morgan fingerprint density at radius 3 is 2.48 bits per heavy atom. The van der Waals surface area contributed by atoms with Crippen LogP contribution in [0.4, 0.5) is 5.69 Å². The third-order valence-electron chi connectivity index (χ3n) is 4.50. The van der Waals surface area contributed by atoms with Crippen molar-refractivity contribution in [1.29, 1.82) is 0 Å². The molecule has 0 spiro atoms. The summed E-state index contributed by atoms with van der Waals surface area (Å²) in [7, 11) is -1.96. The molecule has 1 aromatic rings. The molecule has 1 unspecified atom stereocenters. The van der Waals surface area contributed by atoms with Gasteiger partial charge >= 0.3 is 0 Å². The fourth-order valence-corrected chi connectivity index (χ4v) is 4.10. The third kappa shape index (κ3) is 3.98. The van der Waals surface area contributed by atoms with Crippen LogP contribution in [0.5, 0.6) is 0 Å². The van der Waals surface area contributed by atoms with Gasteiger partial charge in [-0.1, -0.05) is 25.3 Å². The number of anilines is 1. The summed E-state index contributed by atoms with van der Waals surface area (Å²) in [5.41, 5.74) is 1.65. The van der Waals surface area contributed by atoms with Crippen LogP contribution >= 0.6 is 0 Å². The van der Waals surface area contributed by atoms with Crippen molar-refractivity contribution in [3.63, 3.8) is 0 Å². The maximum absolute atomic E-state index is 12.0. The van der Waals surface area contributed by atoms with Gasteiger partial charge < -0.3 is 5.32 Å². The summed E-state index contributed by atoms with van der Waals surface area (Å²) >= 11 is 0. The first kappa shape index (κ1) is 16.3. The molecule has 1 fully saturated rings. The summed E-state index contributed by atoms with van der Waals surface area (Å²) in [6.45, 7) is 4.01. The van der Waals surface area contributed by atoms with Gasteiger partial charge in [0.15, 0.2) is 0 Å². The molecule has 1 aromatic carbocycles. The van der Waals surface area contributed by atoms with E-state index >= 15 is 0 Å². The molecule has 0 heterocycles. The second-order valence-corrected chi connectivity index (χ2v) is 7.87. The molecule has 118 valence electrons. The summed E-state index contributed by atoms with van der Waals surface area (Å²) in [6, 6.07) is 5.93. The Morgan fingerprint density at radius 2 is 1.86 bits per heavy atom. The van der Waals surface area contributed by atoms with Crippen molar-refractivity contribution in [1.82, 2.24) is 4.72 Å². The third-order valence-corrected chi connectivity index (χ3v) is 6.05. The zero-order chi connectivity index (χ0) is 15.5. The summed E-state index contributed by atoms with van der Waals surface area (Å²) in [4.78, 5) is 0.353. The van der Waals surface area contributed by atoms with E-state index in [1.54, 1.807) is 6.07 Å². The number of rotatable bonds is 5. The maximum atomic E-state index is 12.0. The van der Waals surface area contributed by atoms with Gasteiger partial charge in [0, 0.05) is 11.7 Å². The molecule has 5 heteroatoms. The van der Waals surface area contributed by atoms with Crippen molar-refractivity contribution in [2.75, 3.05) is 12.4 Å². The minimum Gasteiger partial charge on any atom is -0.382 e. The van der Waals surface area contributed by atoms with Crippen LogP contribution in [0.15, 0.2) is 23.1 Å². The van der Waals surface area contributed by atoms with E-state index in [-0.39, 0.29) is 0 Å². The molecule has 2 N–H and O–H groups in total. The summed E-state index contributed by atoms with van der Waals surface area (Å²) in [5.74, 6) is 0.685. The van der Waals surface area contributed by atoms with E-state index in [1.165, 1.54) is 39.2 Å². The second kappa shape index (κ2) is 6.79. The molecule has 4 nitrogen and oxygen atoms in total. The molecule has 0 aromatic heterocycles. The maximum Gasteiger partial charge on any atom is 0.240 e. The van der Waals surface area contributed by atoms with Crippen LogP contribution in [0.2, 0.25) is 0 Å². The van der Waals surface area contributed by atoms with Crippen LogP contribution in [-0.2, 0) is 10.0 Å². The number of benzene rings is 1. The fraction of sp³-hybridized carbons (Fsp3) is 0.625. The van der Waals surface area contributed by atoms with Crippen LogP contribution in [0.3, 0.4) is 0 Å². The lowest BCUT2D eigenvalue weighted by Crippen LogP contribution is -2.28. The van der Waals surface area contributed by atoms with E-state index in [0.717, 1.165) is 11.3 Å². The van der Waals surface area contributed by atoms with Crippen molar-refractivity contribution >= 4 is 15.7 Å². The average molecular weight is 310 g/mol. The van der Waals surface area contributed by atoms with E-state index in [9.17, 15) is 8.42 Å². The molecule has 1 saturated carbocycles. The minimum atomic E-state index is -3.40. The van der Waals surface area contributed by atoms with Crippen LogP contribution in [0.1, 0.15) is 44.6 Å². The molecule has 0 aliphatic heterocycles. The van der Waals surface area contributed by atoms with E-state index in [2.05, 4.69) is 17.0 Å². The lowest BCUT2D eigenvalue weighted by Gasteiger charge is -2.29. The smallest absolute Gasteiger partial charge is 0.240 e. The quantitative estimate of drug-likeness (QED) is 0.877. The summed E-state index contributed by atoms with van der Waals surface area (Å²) < 4.78 is 26.4. The number of nitrogens with one attached hydrogen (secondary N) is 2. The highest BCUT2D eigenvalue weighted by atomic mass is 32.2. The second-order valence-electron chi connectivity index (χ2n) is 6.02. The first-order valence-corrected chi connectivity index (χ1v) is 9.23. The first-order valence-electron chi connectivity index (χ1n) is 7.75. The zero-order valence-corrected chi connectivity index (χ0v) is 14.0. The number of hydrogen-bond acceptors (Lipinski definition) is 3. The highest BCUT2D eigenvalue weighted by Crippen LogP contribution is 2.29. The zero-order valence-electron chi connectivity index (χ0n) is 13.1. The van der Waals surface area contributed by atoms with Gasteiger partial charge in [0.25, 0.3) is 0 Å². The lowest BCUT2D eigenvalue weighted by molar-refractivity contribution is 0.328. The Hall–Kier alpha value is -1.07. The Bertz CT molecular complexity index is 578. The molecule has 1 atom stereocenters. The van der Waals surface area contributed by atoms with Gasteiger partial charge in [-0.05, 0) is 57.4 Å². The number of aryl methyl sites for hydroxylation is 1. The lowest BCUT2D eigenvalue weighted by atomic mass is 9.84. The monoisotopic (exact) mass is 310 g/mol. The molecule has 1 aliphatic rings. The van der Waals surface area contributed by atoms with E-state index in [4.69, 9.17) is 0 Å². The van der Waals surface area contributed by atoms with Crippen LogP contribution < -0.4 is 10.0 Å². The largest absolute Gasteiger partial charge is 0.382 e. The van der Waals surface area contributed by atoms with Crippen molar-refractivity contribution in [3.05, 3.63) is 23.8 Å². The Morgan fingerprint density at radius 1 is 1.19 bits per heavy atom. The van der Waals surface area contributed by atoms with Crippen LogP contribution in [0, 0.1) is 12.8 Å². The number of sulfonamides is 1. The molecular formula is C16H26N2O2S. The van der Waals surface area contributed by atoms with Gasteiger partial charge in [-0.25, -0.2) is 13.1 Å². The van der Waals surface area contributed by atoms with Crippen molar-refractivity contribution in [2.24, 2.45) is 5.92 Å². The Labute approximate surface area is 128 Å². The first-order chi connectivity index (χ1) is 9.94. The molecule has 0 bridgehead atoms. The van der Waals surface area contributed by atoms with E-state index in [0.29, 0.717) is 16.9 Å². The molecule has 0 amide bonds. The topological polar surface area (TPSA) is 58.2 Å². The highest BCUT2D eigenvalue weighted by molar-refractivity contribution is 7.89. The van der Waals surface area contributed by atoms with E-state index < -0.39 is 10.0 Å². The molecular weight excluding hydrogens is 284 g/mol. The fourth-order valence-electron chi connectivity index (χ4n) is 3.10. The van der Waals surface area contributed by atoms with Crippen molar-refractivity contribution in [2.45, 2.75) is 56.9 Å². The summed E-state index contributed by atoms with van der Waals surface area (Å²) in [5, 5.41) is 3.48. The Balaban J connectivity index is 2.15. The van der Waals surface area contributed by atoms with Gasteiger partial charge in [0.1, 0.15) is 0 Å². The predicted molar refractivity (Wildman–Crippen MR) is 87.1 cm³/mol. The molecule has 2 rings (SSSR count). The SMILES string of the molecule is CNS(=O)(=O)c1cc(NC(C)C2CCCCC2)ccc1C. The standard InChI is InChI=1S/C16H26N2O2S/c1-12-9-10-15(11-16(12)21(19,20)17-3)18-13(2)14-7-5-4-6-8-14/h9-11,13-14,17-18H,4-8H2,1-3H3.